The summed E-state index contributed by atoms with van der Waals surface area (Å²) >= 11 is 0. The Morgan fingerprint density at radius 2 is 1.32 bits per heavy atom. The number of hydrogen-bond donors (Lipinski definition) is 2. The second-order valence-electron chi connectivity index (χ2n) is 8.91. The molecule has 38 heavy (non-hydrogen) atoms. The van der Waals surface area contributed by atoms with E-state index in [9.17, 15) is 14.4 Å². The number of ether oxygens (including phenoxy) is 4. The van der Waals surface area contributed by atoms with Gasteiger partial charge in [0.25, 0.3) is 11.8 Å². The van der Waals surface area contributed by atoms with Gasteiger partial charge >= 0.3 is 5.97 Å². The van der Waals surface area contributed by atoms with Gasteiger partial charge in [0.2, 0.25) is 0 Å². The minimum Gasteiger partial charge on any atom is -0.490 e. The van der Waals surface area contributed by atoms with Gasteiger partial charge in [-0.05, 0) is 88.9 Å². The van der Waals surface area contributed by atoms with E-state index in [0.29, 0.717) is 48.2 Å². The lowest BCUT2D eigenvalue weighted by Crippen LogP contribution is -2.34. The van der Waals surface area contributed by atoms with Crippen LogP contribution in [-0.4, -0.2) is 56.8 Å². The number of carbonyl (C=O) groups is 3. The zero-order valence-corrected chi connectivity index (χ0v) is 22.4. The molecule has 2 aromatic rings. The van der Waals surface area contributed by atoms with Crippen molar-refractivity contribution < 1.29 is 33.3 Å². The summed E-state index contributed by atoms with van der Waals surface area (Å²) in [7, 11) is 0. The molecule has 0 spiro atoms. The Kier molecular flexibility index (Phi) is 11.3. The third kappa shape index (κ3) is 8.39. The Labute approximate surface area is 224 Å². The fourth-order valence-electron chi connectivity index (χ4n) is 4.30. The van der Waals surface area contributed by atoms with E-state index in [0.717, 1.165) is 25.7 Å². The van der Waals surface area contributed by atoms with E-state index in [2.05, 4.69) is 10.6 Å². The molecule has 0 saturated heterocycles. The van der Waals surface area contributed by atoms with Crippen LogP contribution in [0.5, 0.6) is 17.2 Å². The van der Waals surface area contributed by atoms with E-state index in [4.69, 9.17) is 18.9 Å². The number of carbonyl (C=O) groups excluding carboxylic acids is 3. The highest BCUT2D eigenvalue weighted by Gasteiger charge is 2.28. The molecule has 1 saturated carbocycles. The summed E-state index contributed by atoms with van der Waals surface area (Å²) in [5.74, 6) is 1.15. The number of hydrogen-bond acceptors (Lipinski definition) is 7. The molecule has 0 bridgehead atoms. The van der Waals surface area contributed by atoms with Gasteiger partial charge in [-0.25, -0.2) is 0 Å². The number of rotatable bonds is 13. The Balaban J connectivity index is 1.40. The second-order valence-corrected chi connectivity index (χ2v) is 8.91. The zero-order chi connectivity index (χ0) is 27.3. The molecular formula is C29H38N2O7. The van der Waals surface area contributed by atoms with Gasteiger partial charge in [0.15, 0.2) is 11.5 Å². The van der Waals surface area contributed by atoms with E-state index in [-0.39, 0.29) is 42.9 Å². The van der Waals surface area contributed by atoms with Gasteiger partial charge < -0.3 is 29.6 Å². The topological polar surface area (TPSA) is 112 Å². The summed E-state index contributed by atoms with van der Waals surface area (Å²) in [6.07, 6.45) is 3.14. The molecule has 0 heterocycles. The molecule has 3 rings (SSSR count). The van der Waals surface area contributed by atoms with E-state index in [1.165, 1.54) is 0 Å². The smallest absolute Gasteiger partial charge is 0.308 e. The highest BCUT2D eigenvalue weighted by atomic mass is 16.5. The molecule has 1 aliphatic rings. The summed E-state index contributed by atoms with van der Waals surface area (Å²) in [5.41, 5.74) is 0.954. The standard InChI is InChI=1S/C29H38N2O7/c1-4-35-25-16-11-22(19-26(25)36-5-2)28(33)31-18-17-30-27(32)20-7-12-23(13-8-20)38-24-14-9-21(10-15-24)29(34)37-6-3/h7-8,11-13,16,19,21,24H,4-6,9-10,14-15,17-18H2,1-3H3,(H,30,32)(H,31,33). The molecule has 2 N–H and O–H groups in total. The molecule has 206 valence electrons. The second kappa shape index (κ2) is 14.9. The summed E-state index contributed by atoms with van der Waals surface area (Å²) in [4.78, 5) is 36.9. The third-order valence-corrected chi connectivity index (χ3v) is 6.22. The van der Waals surface area contributed by atoms with Crippen LogP contribution in [0.3, 0.4) is 0 Å². The van der Waals surface area contributed by atoms with Crippen LogP contribution >= 0.6 is 0 Å². The SMILES string of the molecule is CCOC(=O)C1CCC(Oc2ccc(C(=O)NCCNC(=O)c3ccc(OCC)c(OCC)c3)cc2)CC1. The van der Waals surface area contributed by atoms with Gasteiger partial charge in [-0.2, -0.15) is 0 Å². The van der Waals surface area contributed by atoms with Crippen LogP contribution in [0.1, 0.15) is 67.2 Å². The minimum atomic E-state index is -0.263. The molecular weight excluding hydrogens is 488 g/mol. The minimum absolute atomic E-state index is 0.0425. The average Bonchev–Trinajstić information content (AvgIpc) is 2.93. The van der Waals surface area contributed by atoms with Gasteiger partial charge in [-0.15, -0.1) is 0 Å². The fraction of sp³-hybridized carbons (Fsp3) is 0.483. The lowest BCUT2D eigenvalue weighted by molar-refractivity contribution is -0.149. The zero-order valence-electron chi connectivity index (χ0n) is 22.4. The van der Waals surface area contributed by atoms with Crippen LogP contribution < -0.4 is 24.8 Å². The normalized spacial score (nSPS) is 16.7. The monoisotopic (exact) mass is 526 g/mol. The lowest BCUT2D eigenvalue weighted by Gasteiger charge is -2.27. The van der Waals surface area contributed by atoms with Gasteiger partial charge in [0, 0.05) is 24.2 Å². The number of nitrogens with one attached hydrogen (secondary N) is 2. The molecule has 2 aromatic carbocycles. The lowest BCUT2D eigenvalue weighted by atomic mass is 9.87. The van der Waals surface area contributed by atoms with Crippen molar-refractivity contribution in [2.75, 3.05) is 32.9 Å². The van der Waals surface area contributed by atoms with Crippen molar-refractivity contribution in [1.29, 1.82) is 0 Å². The van der Waals surface area contributed by atoms with Crippen molar-refractivity contribution >= 4 is 17.8 Å². The van der Waals surface area contributed by atoms with Crippen molar-refractivity contribution in [3.05, 3.63) is 53.6 Å². The first-order chi connectivity index (χ1) is 18.4. The van der Waals surface area contributed by atoms with E-state index in [1.807, 2.05) is 20.8 Å². The van der Waals surface area contributed by atoms with Crippen LogP contribution in [0.15, 0.2) is 42.5 Å². The summed E-state index contributed by atoms with van der Waals surface area (Å²) in [6.45, 7) is 7.49. The molecule has 0 unspecified atom stereocenters. The quantitative estimate of drug-likeness (QED) is 0.298. The van der Waals surface area contributed by atoms with E-state index in [1.54, 1.807) is 42.5 Å². The molecule has 9 heteroatoms. The highest BCUT2D eigenvalue weighted by Crippen LogP contribution is 2.29. The van der Waals surface area contributed by atoms with Gasteiger partial charge in [0.05, 0.1) is 31.8 Å². The Morgan fingerprint density at radius 3 is 1.92 bits per heavy atom. The van der Waals surface area contributed by atoms with Crippen molar-refractivity contribution in [1.82, 2.24) is 10.6 Å². The van der Waals surface area contributed by atoms with Crippen LogP contribution in [0.25, 0.3) is 0 Å². The number of benzene rings is 2. The number of esters is 1. The summed E-state index contributed by atoms with van der Waals surface area (Å²) in [5, 5.41) is 5.61. The van der Waals surface area contributed by atoms with Gasteiger partial charge in [-0.1, -0.05) is 0 Å². The van der Waals surface area contributed by atoms with Crippen molar-refractivity contribution in [3.8, 4) is 17.2 Å². The maximum Gasteiger partial charge on any atom is 0.308 e. The summed E-state index contributed by atoms with van der Waals surface area (Å²) < 4.78 is 22.3. The summed E-state index contributed by atoms with van der Waals surface area (Å²) in [6, 6.07) is 12.0. The number of amides is 2. The molecule has 1 fully saturated rings. The molecule has 9 nitrogen and oxygen atoms in total. The van der Waals surface area contributed by atoms with Crippen LogP contribution in [-0.2, 0) is 9.53 Å². The van der Waals surface area contributed by atoms with Crippen molar-refractivity contribution in [2.24, 2.45) is 5.92 Å². The first-order valence-electron chi connectivity index (χ1n) is 13.3. The first-order valence-corrected chi connectivity index (χ1v) is 13.3. The molecule has 1 aliphatic carbocycles. The van der Waals surface area contributed by atoms with E-state index >= 15 is 0 Å². The third-order valence-electron chi connectivity index (χ3n) is 6.22. The predicted octanol–water partition coefficient (Wildman–Crippen LogP) is 4.14. The van der Waals surface area contributed by atoms with E-state index < -0.39 is 0 Å². The average molecular weight is 527 g/mol. The van der Waals surface area contributed by atoms with Crippen LogP contribution in [0.2, 0.25) is 0 Å². The Bertz CT molecular complexity index is 1060. The Morgan fingerprint density at radius 1 is 0.737 bits per heavy atom. The van der Waals surface area contributed by atoms with Crippen molar-refractivity contribution in [2.45, 2.75) is 52.6 Å². The molecule has 0 atom stereocenters. The van der Waals surface area contributed by atoms with Crippen LogP contribution in [0, 0.1) is 5.92 Å². The largest absolute Gasteiger partial charge is 0.490 e. The van der Waals surface area contributed by atoms with Crippen molar-refractivity contribution in [3.63, 3.8) is 0 Å². The van der Waals surface area contributed by atoms with Gasteiger partial charge in [-0.3, -0.25) is 14.4 Å². The first kappa shape index (κ1) is 28.8. The van der Waals surface area contributed by atoms with Gasteiger partial charge in [0.1, 0.15) is 5.75 Å². The predicted molar refractivity (Wildman–Crippen MR) is 143 cm³/mol. The molecule has 0 radical (unpaired) electrons. The van der Waals surface area contributed by atoms with Crippen LogP contribution in [0.4, 0.5) is 0 Å². The molecule has 2 amide bonds. The maximum absolute atomic E-state index is 12.5. The maximum atomic E-state index is 12.5. The molecule has 0 aliphatic heterocycles. The molecule has 0 aromatic heterocycles. The highest BCUT2D eigenvalue weighted by molar-refractivity contribution is 5.95. The Hall–Kier alpha value is -3.75. The fourth-order valence-corrected chi connectivity index (χ4v) is 4.30.